The molecule has 0 bridgehead atoms. The molecule has 120 valence electrons. The lowest BCUT2D eigenvalue weighted by Gasteiger charge is -2.12. The van der Waals surface area contributed by atoms with Crippen LogP contribution in [0.2, 0.25) is 0 Å². The summed E-state index contributed by atoms with van der Waals surface area (Å²) in [4.78, 5) is 15.3. The number of amides is 1. The zero-order valence-corrected chi connectivity index (χ0v) is 12.8. The van der Waals surface area contributed by atoms with Gasteiger partial charge in [-0.3, -0.25) is 9.79 Å². The number of primary amides is 1. The number of hydrogen-bond donors (Lipinski definition) is 3. The molecule has 0 aromatic heterocycles. The maximum Gasteiger partial charge on any atom is 0.248 e. The van der Waals surface area contributed by atoms with Crippen molar-refractivity contribution in [3.05, 3.63) is 71.0 Å². The second kappa shape index (κ2) is 7.93. The fourth-order valence-corrected chi connectivity index (χ4v) is 2.07. The molecule has 4 N–H and O–H groups in total. The number of nitrogens with two attached hydrogens (primary N) is 1. The highest BCUT2D eigenvalue weighted by atomic mass is 19.1. The van der Waals surface area contributed by atoms with Gasteiger partial charge in [-0.15, -0.1) is 0 Å². The SMILES string of the molecule is CN=C(NCc1cccc(F)c1)NCc1cccc(C(N)=O)c1. The van der Waals surface area contributed by atoms with Crippen molar-refractivity contribution in [3.63, 3.8) is 0 Å². The van der Waals surface area contributed by atoms with Crippen LogP contribution in [0.15, 0.2) is 53.5 Å². The van der Waals surface area contributed by atoms with Crippen LogP contribution in [0, 0.1) is 5.82 Å². The normalized spacial score (nSPS) is 11.1. The highest BCUT2D eigenvalue weighted by Gasteiger charge is 2.03. The van der Waals surface area contributed by atoms with Gasteiger partial charge in [-0.2, -0.15) is 0 Å². The van der Waals surface area contributed by atoms with E-state index < -0.39 is 5.91 Å². The van der Waals surface area contributed by atoms with Gasteiger partial charge < -0.3 is 16.4 Å². The minimum atomic E-state index is -0.458. The summed E-state index contributed by atoms with van der Waals surface area (Å²) >= 11 is 0. The summed E-state index contributed by atoms with van der Waals surface area (Å²) in [5.41, 5.74) is 7.46. The van der Waals surface area contributed by atoms with Crippen LogP contribution in [0.3, 0.4) is 0 Å². The number of carbonyl (C=O) groups excluding carboxylic acids is 1. The van der Waals surface area contributed by atoms with Gasteiger partial charge in [0, 0.05) is 25.7 Å². The van der Waals surface area contributed by atoms with Gasteiger partial charge in [-0.25, -0.2) is 4.39 Å². The molecular formula is C17H19FN4O. The number of nitrogens with zero attached hydrogens (tertiary/aromatic N) is 1. The van der Waals surface area contributed by atoms with E-state index in [0.717, 1.165) is 11.1 Å². The molecule has 0 radical (unpaired) electrons. The Balaban J connectivity index is 1.90. The third kappa shape index (κ3) is 5.10. The quantitative estimate of drug-likeness (QED) is 0.581. The highest BCUT2D eigenvalue weighted by molar-refractivity contribution is 5.92. The standard InChI is InChI=1S/C17H19FN4O/c1-20-17(22-11-13-5-3-7-15(18)9-13)21-10-12-4-2-6-14(8-12)16(19)23/h2-9H,10-11H2,1H3,(H2,19,23)(H2,20,21,22). The second-order valence-electron chi connectivity index (χ2n) is 4.97. The molecule has 0 fully saturated rings. The summed E-state index contributed by atoms with van der Waals surface area (Å²) in [6, 6.07) is 13.4. The average molecular weight is 314 g/mol. The van der Waals surface area contributed by atoms with Crippen molar-refractivity contribution in [1.82, 2.24) is 10.6 Å². The fraction of sp³-hybridized carbons (Fsp3) is 0.176. The molecule has 6 heteroatoms. The van der Waals surface area contributed by atoms with Gasteiger partial charge in [0.05, 0.1) is 0 Å². The average Bonchev–Trinajstić information content (AvgIpc) is 2.55. The predicted octanol–water partition coefficient (Wildman–Crippen LogP) is 1.79. The Morgan fingerprint density at radius 1 is 1.09 bits per heavy atom. The summed E-state index contributed by atoms with van der Waals surface area (Å²) in [6.07, 6.45) is 0. The molecule has 0 aliphatic rings. The Labute approximate surface area is 134 Å². The smallest absolute Gasteiger partial charge is 0.248 e. The molecule has 0 atom stereocenters. The van der Waals surface area contributed by atoms with E-state index >= 15 is 0 Å². The fourth-order valence-electron chi connectivity index (χ4n) is 2.07. The van der Waals surface area contributed by atoms with Crippen molar-refractivity contribution in [3.8, 4) is 0 Å². The van der Waals surface area contributed by atoms with Crippen LogP contribution in [-0.4, -0.2) is 18.9 Å². The molecule has 0 unspecified atom stereocenters. The van der Waals surface area contributed by atoms with Gasteiger partial charge in [0.25, 0.3) is 0 Å². The van der Waals surface area contributed by atoms with E-state index in [1.54, 1.807) is 31.3 Å². The monoisotopic (exact) mass is 314 g/mol. The molecule has 0 spiro atoms. The van der Waals surface area contributed by atoms with E-state index in [0.29, 0.717) is 24.6 Å². The molecule has 0 heterocycles. The summed E-state index contributed by atoms with van der Waals surface area (Å²) < 4.78 is 13.1. The summed E-state index contributed by atoms with van der Waals surface area (Å²) in [6.45, 7) is 0.947. The first-order chi connectivity index (χ1) is 11.1. The Hall–Kier alpha value is -2.89. The molecule has 0 saturated heterocycles. The van der Waals surface area contributed by atoms with Crippen LogP contribution in [0.1, 0.15) is 21.5 Å². The van der Waals surface area contributed by atoms with Crippen molar-refractivity contribution in [2.75, 3.05) is 7.05 Å². The van der Waals surface area contributed by atoms with Gasteiger partial charge in [-0.1, -0.05) is 24.3 Å². The molecule has 2 aromatic rings. The van der Waals surface area contributed by atoms with E-state index in [-0.39, 0.29) is 5.82 Å². The second-order valence-corrected chi connectivity index (χ2v) is 4.97. The number of benzene rings is 2. The van der Waals surface area contributed by atoms with Crippen molar-refractivity contribution in [1.29, 1.82) is 0 Å². The van der Waals surface area contributed by atoms with Crippen molar-refractivity contribution < 1.29 is 9.18 Å². The van der Waals surface area contributed by atoms with Crippen molar-refractivity contribution in [2.24, 2.45) is 10.7 Å². The molecular weight excluding hydrogens is 295 g/mol. The maximum absolute atomic E-state index is 13.1. The Kier molecular flexibility index (Phi) is 5.68. The molecule has 23 heavy (non-hydrogen) atoms. The number of rotatable bonds is 5. The first kappa shape index (κ1) is 16.5. The van der Waals surface area contributed by atoms with E-state index in [1.807, 2.05) is 12.1 Å². The predicted molar refractivity (Wildman–Crippen MR) is 88.4 cm³/mol. The van der Waals surface area contributed by atoms with Crippen LogP contribution >= 0.6 is 0 Å². The lowest BCUT2D eigenvalue weighted by molar-refractivity contribution is 0.1000. The van der Waals surface area contributed by atoms with Crippen LogP contribution in [0.25, 0.3) is 0 Å². The Morgan fingerprint density at radius 2 is 1.70 bits per heavy atom. The lowest BCUT2D eigenvalue weighted by Crippen LogP contribution is -2.36. The number of carbonyl (C=O) groups is 1. The van der Waals surface area contributed by atoms with E-state index in [2.05, 4.69) is 15.6 Å². The first-order valence-electron chi connectivity index (χ1n) is 7.16. The largest absolute Gasteiger partial charge is 0.366 e. The van der Waals surface area contributed by atoms with Crippen LogP contribution in [0.5, 0.6) is 0 Å². The summed E-state index contributed by atoms with van der Waals surface area (Å²) in [7, 11) is 1.65. The zero-order valence-electron chi connectivity index (χ0n) is 12.8. The number of aliphatic imine (C=N–C) groups is 1. The Morgan fingerprint density at radius 3 is 2.26 bits per heavy atom. The van der Waals surface area contributed by atoms with Crippen LogP contribution in [-0.2, 0) is 13.1 Å². The minimum Gasteiger partial charge on any atom is -0.366 e. The molecule has 0 aliphatic carbocycles. The molecule has 2 rings (SSSR count). The van der Waals surface area contributed by atoms with E-state index in [1.165, 1.54) is 12.1 Å². The highest BCUT2D eigenvalue weighted by Crippen LogP contribution is 2.05. The van der Waals surface area contributed by atoms with Gasteiger partial charge in [0.1, 0.15) is 5.82 Å². The van der Waals surface area contributed by atoms with Crippen molar-refractivity contribution >= 4 is 11.9 Å². The van der Waals surface area contributed by atoms with Crippen LogP contribution in [0.4, 0.5) is 4.39 Å². The van der Waals surface area contributed by atoms with E-state index in [9.17, 15) is 9.18 Å². The molecule has 0 saturated carbocycles. The molecule has 5 nitrogen and oxygen atoms in total. The van der Waals surface area contributed by atoms with Crippen molar-refractivity contribution in [2.45, 2.75) is 13.1 Å². The summed E-state index contributed by atoms with van der Waals surface area (Å²) in [5.74, 6) is -0.144. The Bertz CT molecular complexity index is 715. The number of hydrogen-bond acceptors (Lipinski definition) is 2. The van der Waals surface area contributed by atoms with Gasteiger partial charge in [0.15, 0.2) is 5.96 Å². The van der Waals surface area contributed by atoms with Gasteiger partial charge >= 0.3 is 0 Å². The maximum atomic E-state index is 13.1. The summed E-state index contributed by atoms with van der Waals surface area (Å²) in [5, 5.41) is 6.23. The molecule has 0 aliphatic heterocycles. The van der Waals surface area contributed by atoms with Crippen LogP contribution < -0.4 is 16.4 Å². The minimum absolute atomic E-state index is 0.268. The first-order valence-corrected chi connectivity index (χ1v) is 7.16. The van der Waals surface area contributed by atoms with Gasteiger partial charge in [-0.05, 0) is 35.4 Å². The van der Waals surface area contributed by atoms with Gasteiger partial charge in [0.2, 0.25) is 5.91 Å². The number of nitrogens with one attached hydrogen (secondary N) is 2. The third-order valence-corrected chi connectivity index (χ3v) is 3.24. The number of guanidine groups is 1. The lowest BCUT2D eigenvalue weighted by atomic mass is 10.1. The topological polar surface area (TPSA) is 79.5 Å². The molecule has 2 aromatic carbocycles. The third-order valence-electron chi connectivity index (χ3n) is 3.24. The number of halogens is 1. The zero-order chi connectivity index (χ0) is 16.7. The molecule has 1 amide bonds. The van der Waals surface area contributed by atoms with E-state index in [4.69, 9.17) is 5.73 Å².